The number of halogens is 1. The zero-order chi connectivity index (χ0) is 14.6. The third-order valence-corrected chi connectivity index (χ3v) is 3.30. The molecule has 0 unspecified atom stereocenters. The molecule has 1 aromatic rings. The molecule has 6 nitrogen and oxygen atoms in total. The van der Waals surface area contributed by atoms with Gasteiger partial charge in [-0.15, -0.1) is 0 Å². The van der Waals surface area contributed by atoms with Crippen molar-refractivity contribution < 1.29 is 27.5 Å². The first-order chi connectivity index (χ1) is 8.74. The molecule has 19 heavy (non-hydrogen) atoms. The third-order valence-electron chi connectivity index (χ3n) is 2.05. The average molecular weight is 291 g/mol. The summed E-state index contributed by atoms with van der Waals surface area (Å²) in [6.07, 6.45) is 0. The molecule has 1 aromatic carbocycles. The van der Waals surface area contributed by atoms with Gasteiger partial charge < -0.3 is 5.11 Å². The van der Waals surface area contributed by atoms with Crippen molar-refractivity contribution in [1.82, 2.24) is 4.89 Å². The Labute approximate surface area is 110 Å². The minimum absolute atomic E-state index is 0.0990. The SMILES string of the molecule is CC(C)CONS(=O)(=O)c1ccc(C(=O)O)cc1F. The van der Waals surface area contributed by atoms with Crippen LogP contribution < -0.4 is 4.89 Å². The molecule has 0 heterocycles. The Morgan fingerprint density at radius 1 is 1.47 bits per heavy atom. The van der Waals surface area contributed by atoms with Crippen LogP contribution in [0.1, 0.15) is 24.2 Å². The van der Waals surface area contributed by atoms with Crippen LogP contribution in [0.3, 0.4) is 0 Å². The molecule has 0 saturated heterocycles. The fraction of sp³-hybridized carbons (Fsp3) is 0.364. The summed E-state index contributed by atoms with van der Waals surface area (Å²) in [5.74, 6) is -2.39. The number of sulfonamides is 1. The molecule has 1 rings (SSSR count). The fourth-order valence-corrected chi connectivity index (χ4v) is 2.05. The number of nitrogens with one attached hydrogen (secondary N) is 1. The van der Waals surface area contributed by atoms with Crippen molar-refractivity contribution >= 4 is 16.0 Å². The number of carboxylic acids is 1. The van der Waals surface area contributed by atoms with Crippen molar-refractivity contribution in [2.75, 3.05) is 6.61 Å². The van der Waals surface area contributed by atoms with Crippen LogP contribution in [0.2, 0.25) is 0 Å². The van der Waals surface area contributed by atoms with Crippen LogP contribution in [0.5, 0.6) is 0 Å². The van der Waals surface area contributed by atoms with Gasteiger partial charge in [-0.25, -0.2) is 17.6 Å². The molecule has 0 saturated carbocycles. The van der Waals surface area contributed by atoms with Crippen LogP contribution in [0, 0.1) is 11.7 Å². The van der Waals surface area contributed by atoms with Crippen molar-refractivity contribution in [2.45, 2.75) is 18.7 Å². The van der Waals surface area contributed by atoms with Gasteiger partial charge >= 0.3 is 5.97 Å². The summed E-state index contributed by atoms with van der Waals surface area (Å²) in [6.45, 7) is 3.77. The van der Waals surface area contributed by atoms with Crippen LogP contribution in [-0.2, 0) is 14.9 Å². The molecule has 0 radical (unpaired) electrons. The van der Waals surface area contributed by atoms with E-state index in [9.17, 15) is 17.6 Å². The number of hydrogen-bond acceptors (Lipinski definition) is 4. The van der Waals surface area contributed by atoms with E-state index in [1.807, 2.05) is 13.8 Å². The molecular formula is C11H14FNO5S. The van der Waals surface area contributed by atoms with E-state index in [-0.39, 0.29) is 18.1 Å². The molecule has 0 aliphatic heterocycles. The summed E-state index contributed by atoms with van der Waals surface area (Å²) in [4.78, 5) is 16.4. The van der Waals surface area contributed by atoms with Crippen LogP contribution in [0.4, 0.5) is 4.39 Å². The highest BCUT2D eigenvalue weighted by molar-refractivity contribution is 7.89. The third kappa shape index (κ3) is 4.27. The first-order valence-corrected chi connectivity index (χ1v) is 6.89. The van der Waals surface area contributed by atoms with Crippen LogP contribution >= 0.6 is 0 Å². The second kappa shape index (κ2) is 6.09. The van der Waals surface area contributed by atoms with Gasteiger partial charge in [0.15, 0.2) is 0 Å². The summed E-state index contributed by atoms with van der Waals surface area (Å²) in [7, 11) is -4.17. The number of carboxylic acid groups (broad SMARTS) is 1. The Hall–Kier alpha value is -1.51. The number of aromatic carboxylic acids is 1. The van der Waals surface area contributed by atoms with E-state index in [1.165, 1.54) is 0 Å². The lowest BCUT2D eigenvalue weighted by Crippen LogP contribution is -2.26. The van der Waals surface area contributed by atoms with Gasteiger partial charge in [0.1, 0.15) is 10.7 Å². The molecule has 0 fully saturated rings. The van der Waals surface area contributed by atoms with Crippen molar-refractivity contribution in [3.05, 3.63) is 29.6 Å². The van der Waals surface area contributed by atoms with Gasteiger partial charge in [0.2, 0.25) is 0 Å². The van der Waals surface area contributed by atoms with Gasteiger partial charge in [0, 0.05) is 0 Å². The summed E-state index contributed by atoms with van der Waals surface area (Å²) in [5.41, 5.74) is -0.334. The molecule has 0 bridgehead atoms. The van der Waals surface area contributed by atoms with E-state index >= 15 is 0 Å². The summed E-state index contributed by atoms with van der Waals surface area (Å²) in [6, 6.07) is 2.52. The van der Waals surface area contributed by atoms with Crippen molar-refractivity contribution in [3.63, 3.8) is 0 Å². The predicted octanol–water partition coefficient (Wildman–Crippen LogP) is 1.39. The Morgan fingerprint density at radius 2 is 2.11 bits per heavy atom. The minimum Gasteiger partial charge on any atom is -0.478 e. The highest BCUT2D eigenvalue weighted by atomic mass is 32.2. The molecule has 0 spiro atoms. The van der Waals surface area contributed by atoms with E-state index < -0.39 is 26.7 Å². The lowest BCUT2D eigenvalue weighted by Gasteiger charge is -2.09. The molecule has 2 N–H and O–H groups in total. The molecule has 0 aliphatic rings. The van der Waals surface area contributed by atoms with Crippen molar-refractivity contribution in [3.8, 4) is 0 Å². The van der Waals surface area contributed by atoms with E-state index in [0.29, 0.717) is 6.07 Å². The number of benzene rings is 1. The van der Waals surface area contributed by atoms with Crippen molar-refractivity contribution in [2.24, 2.45) is 5.92 Å². The monoisotopic (exact) mass is 291 g/mol. The summed E-state index contributed by atoms with van der Waals surface area (Å²) >= 11 is 0. The maximum atomic E-state index is 13.6. The van der Waals surface area contributed by atoms with E-state index in [1.54, 1.807) is 4.89 Å². The highest BCUT2D eigenvalue weighted by Crippen LogP contribution is 2.16. The zero-order valence-corrected chi connectivity index (χ0v) is 11.2. The van der Waals surface area contributed by atoms with Crippen LogP contribution in [0.15, 0.2) is 23.1 Å². The van der Waals surface area contributed by atoms with Crippen LogP contribution in [-0.4, -0.2) is 26.1 Å². The average Bonchev–Trinajstić information content (AvgIpc) is 2.27. The lowest BCUT2D eigenvalue weighted by atomic mass is 10.2. The van der Waals surface area contributed by atoms with E-state index in [4.69, 9.17) is 9.94 Å². The molecular weight excluding hydrogens is 277 g/mol. The minimum atomic E-state index is -4.17. The molecule has 8 heteroatoms. The standard InChI is InChI=1S/C11H14FNO5S/c1-7(2)6-18-13-19(16,17)10-4-3-8(11(14)15)5-9(10)12/h3-5,7,13H,6H2,1-2H3,(H,14,15). The maximum Gasteiger partial charge on any atom is 0.335 e. The number of carbonyl (C=O) groups is 1. The zero-order valence-electron chi connectivity index (χ0n) is 10.4. The second-order valence-corrected chi connectivity index (χ2v) is 5.86. The first kappa shape index (κ1) is 15.5. The normalized spacial score (nSPS) is 11.8. The molecule has 0 atom stereocenters. The van der Waals surface area contributed by atoms with Gasteiger partial charge in [-0.1, -0.05) is 18.7 Å². The molecule has 0 aliphatic carbocycles. The number of hydrogen-bond donors (Lipinski definition) is 2. The van der Waals surface area contributed by atoms with Crippen molar-refractivity contribution in [1.29, 1.82) is 0 Å². The molecule has 106 valence electrons. The number of rotatable bonds is 6. The Morgan fingerprint density at radius 3 is 2.58 bits per heavy atom. The Balaban J connectivity index is 2.93. The highest BCUT2D eigenvalue weighted by Gasteiger charge is 2.20. The fourth-order valence-electron chi connectivity index (χ4n) is 1.17. The van der Waals surface area contributed by atoms with Gasteiger partial charge in [-0.3, -0.25) is 4.84 Å². The maximum absolute atomic E-state index is 13.6. The van der Waals surface area contributed by atoms with Gasteiger partial charge in [-0.05, 0) is 24.1 Å². The van der Waals surface area contributed by atoms with E-state index in [0.717, 1.165) is 12.1 Å². The first-order valence-electron chi connectivity index (χ1n) is 5.40. The molecule has 0 aromatic heterocycles. The summed E-state index contributed by atoms with van der Waals surface area (Å²) < 4.78 is 36.9. The largest absolute Gasteiger partial charge is 0.478 e. The van der Waals surface area contributed by atoms with Gasteiger partial charge in [0.05, 0.1) is 12.2 Å². The van der Waals surface area contributed by atoms with E-state index in [2.05, 4.69) is 0 Å². The second-order valence-electron chi connectivity index (χ2n) is 4.24. The predicted molar refractivity (Wildman–Crippen MR) is 64.5 cm³/mol. The smallest absolute Gasteiger partial charge is 0.335 e. The van der Waals surface area contributed by atoms with Crippen LogP contribution in [0.25, 0.3) is 0 Å². The lowest BCUT2D eigenvalue weighted by molar-refractivity contribution is 0.0695. The topological polar surface area (TPSA) is 92.7 Å². The molecule has 0 amide bonds. The summed E-state index contributed by atoms with van der Waals surface area (Å²) in [5, 5.41) is 8.65. The quantitative estimate of drug-likeness (QED) is 0.773. The Kier molecular flexibility index (Phi) is 4.98. The Bertz CT molecular complexity index is 570. The van der Waals surface area contributed by atoms with Gasteiger partial charge in [-0.2, -0.15) is 0 Å². The van der Waals surface area contributed by atoms with Gasteiger partial charge in [0.25, 0.3) is 10.0 Å².